The molecule has 0 saturated carbocycles. The summed E-state index contributed by atoms with van der Waals surface area (Å²) in [7, 11) is 0. The standard InChI is InChI=1S/C12H19N/c1-2-3-7-12(10-13)11-8-5-4-6-9-11/h4-6,8-9,12H,2-3,7,10,13H2,1H3/t12-/m1/s1. The molecule has 0 heterocycles. The van der Waals surface area contributed by atoms with E-state index in [2.05, 4.69) is 37.3 Å². The van der Waals surface area contributed by atoms with Gasteiger partial charge in [0.2, 0.25) is 0 Å². The van der Waals surface area contributed by atoms with E-state index in [0.29, 0.717) is 5.92 Å². The molecule has 0 spiro atoms. The monoisotopic (exact) mass is 177 g/mol. The highest BCUT2D eigenvalue weighted by Crippen LogP contribution is 2.20. The Kier molecular flexibility index (Phi) is 4.55. The van der Waals surface area contributed by atoms with Crippen LogP contribution in [0.15, 0.2) is 30.3 Å². The van der Waals surface area contributed by atoms with Gasteiger partial charge in [-0.15, -0.1) is 0 Å². The van der Waals surface area contributed by atoms with E-state index in [9.17, 15) is 0 Å². The van der Waals surface area contributed by atoms with Gasteiger partial charge in [-0.05, 0) is 24.4 Å². The van der Waals surface area contributed by atoms with Gasteiger partial charge in [0.1, 0.15) is 0 Å². The van der Waals surface area contributed by atoms with Gasteiger partial charge in [-0.25, -0.2) is 0 Å². The third-order valence-corrected chi connectivity index (χ3v) is 2.46. The molecule has 0 amide bonds. The molecule has 0 fully saturated rings. The smallest absolute Gasteiger partial charge is 0.000824 e. The zero-order valence-electron chi connectivity index (χ0n) is 8.37. The van der Waals surface area contributed by atoms with E-state index in [1.54, 1.807) is 0 Å². The van der Waals surface area contributed by atoms with Gasteiger partial charge in [-0.1, -0.05) is 50.1 Å². The number of hydrogen-bond donors (Lipinski definition) is 1. The summed E-state index contributed by atoms with van der Waals surface area (Å²) in [4.78, 5) is 0. The third kappa shape index (κ3) is 3.19. The molecule has 0 aliphatic carbocycles. The molecule has 0 saturated heterocycles. The summed E-state index contributed by atoms with van der Waals surface area (Å²) in [5.74, 6) is 0.557. The largest absolute Gasteiger partial charge is 0.330 e. The molecule has 1 heteroatoms. The van der Waals surface area contributed by atoms with Crippen molar-refractivity contribution in [2.75, 3.05) is 6.54 Å². The molecule has 1 aromatic rings. The maximum absolute atomic E-state index is 5.75. The minimum absolute atomic E-state index is 0.557. The Bertz CT molecular complexity index is 218. The first-order valence-corrected chi connectivity index (χ1v) is 5.13. The highest BCUT2D eigenvalue weighted by molar-refractivity contribution is 5.19. The van der Waals surface area contributed by atoms with Crippen LogP contribution in [0.2, 0.25) is 0 Å². The van der Waals surface area contributed by atoms with Crippen LogP contribution in [0.4, 0.5) is 0 Å². The molecule has 1 rings (SSSR count). The van der Waals surface area contributed by atoms with Crippen molar-refractivity contribution in [1.82, 2.24) is 0 Å². The lowest BCUT2D eigenvalue weighted by Gasteiger charge is -2.14. The second-order valence-corrected chi connectivity index (χ2v) is 3.49. The van der Waals surface area contributed by atoms with Gasteiger partial charge in [0.25, 0.3) is 0 Å². The summed E-state index contributed by atoms with van der Waals surface area (Å²) in [5.41, 5.74) is 7.13. The summed E-state index contributed by atoms with van der Waals surface area (Å²) >= 11 is 0. The lowest BCUT2D eigenvalue weighted by molar-refractivity contribution is 0.592. The molecule has 0 aliphatic rings. The molecule has 2 N–H and O–H groups in total. The van der Waals surface area contributed by atoms with E-state index in [0.717, 1.165) is 6.54 Å². The van der Waals surface area contributed by atoms with Crippen molar-refractivity contribution in [3.8, 4) is 0 Å². The summed E-state index contributed by atoms with van der Waals surface area (Å²) in [6.45, 7) is 2.99. The highest BCUT2D eigenvalue weighted by atomic mass is 14.5. The van der Waals surface area contributed by atoms with Gasteiger partial charge in [-0.3, -0.25) is 0 Å². The fraction of sp³-hybridized carbons (Fsp3) is 0.500. The van der Waals surface area contributed by atoms with Gasteiger partial charge in [-0.2, -0.15) is 0 Å². The SMILES string of the molecule is CCCC[C@H](CN)c1ccccc1. The van der Waals surface area contributed by atoms with Gasteiger partial charge in [0.15, 0.2) is 0 Å². The van der Waals surface area contributed by atoms with Crippen LogP contribution >= 0.6 is 0 Å². The average Bonchev–Trinajstić information content (AvgIpc) is 2.21. The van der Waals surface area contributed by atoms with E-state index in [-0.39, 0.29) is 0 Å². The van der Waals surface area contributed by atoms with Gasteiger partial charge in [0.05, 0.1) is 0 Å². The normalized spacial score (nSPS) is 12.8. The predicted molar refractivity (Wildman–Crippen MR) is 57.8 cm³/mol. The van der Waals surface area contributed by atoms with Crippen LogP contribution in [0.3, 0.4) is 0 Å². The molecule has 0 bridgehead atoms. The van der Waals surface area contributed by atoms with Crippen LogP contribution in [0.1, 0.15) is 37.7 Å². The first-order valence-electron chi connectivity index (χ1n) is 5.13. The topological polar surface area (TPSA) is 26.0 Å². The minimum Gasteiger partial charge on any atom is -0.330 e. The number of hydrogen-bond acceptors (Lipinski definition) is 1. The summed E-state index contributed by atoms with van der Waals surface area (Å²) in [5, 5.41) is 0. The van der Waals surface area contributed by atoms with Crippen LogP contribution < -0.4 is 5.73 Å². The Labute approximate surface area is 81.0 Å². The van der Waals surface area contributed by atoms with Crippen molar-refractivity contribution in [3.63, 3.8) is 0 Å². The second-order valence-electron chi connectivity index (χ2n) is 3.49. The van der Waals surface area contributed by atoms with Crippen molar-refractivity contribution >= 4 is 0 Å². The molecule has 1 aromatic carbocycles. The van der Waals surface area contributed by atoms with E-state index < -0.39 is 0 Å². The molecule has 0 aromatic heterocycles. The van der Waals surface area contributed by atoms with Crippen molar-refractivity contribution in [2.45, 2.75) is 32.1 Å². The Hall–Kier alpha value is -0.820. The number of rotatable bonds is 5. The molecule has 0 aliphatic heterocycles. The molecule has 0 radical (unpaired) electrons. The highest BCUT2D eigenvalue weighted by Gasteiger charge is 2.07. The first-order chi connectivity index (χ1) is 6.38. The molecule has 1 nitrogen and oxygen atoms in total. The lowest BCUT2D eigenvalue weighted by Crippen LogP contribution is -2.12. The van der Waals surface area contributed by atoms with Crippen LogP contribution in [-0.2, 0) is 0 Å². The Morgan fingerprint density at radius 1 is 1.23 bits per heavy atom. The molecule has 1 atom stereocenters. The predicted octanol–water partition coefficient (Wildman–Crippen LogP) is 2.92. The van der Waals surface area contributed by atoms with Gasteiger partial charge >= 0.3 is 0 Å². The minimum atomic E-state index is 0.557. The van der Waals surface area contributed by atoms with Crippen molar-refractivity contribution in [1.29, 1.82) is 0 Å². The number of nitrogens with two attached hydrogens (primary N) is 1. The second kappa shape index (κ2) is 5.76. The Morgan fingerprint density at radius 2 is 1.92 bits per heavy atom. The lowest BCUT2D eigenvalue weighted by atomic mass is 9.94. The molecule has 72 valence electrons. The molecular weight excluding hydrogens is 158 g/mol. The van der Waals surface area contributed by atoms with Gasteiger partial charge < -0.3 is 5.73 Å². The van der Waals surface area contributed by atoms with E-state index in [1.807, 2.05) is 0 Å². The number of unbranched alkanes of at least 4 members (excludes halogenated alkanes) is 1. The Balaban J connectivity index is 2.56. The third-order valence-electron chi connectivity index (χ3n) is 2.46. The van der Waals surface area contributed by atoms with Crippen molar-refractivity contribution < 1.29 is 0 Å². The van der Waals surface area contributed by atoms with E-state index in [1.165, 1.54) is 24.8 Å². The zero-order chi connectivity index (χ0) is 9.52. The first kappa shape index (κ1) is 10.3. The van der Waals surface area contributed by atoms with E-state index >= 15 is 0 Å². The van der Waals surface area contributed by atoms with Crippen LogP contribution in [0.25, 0.3) is 0 Å². The quantitative estimate of drug-likeness (QED) is 0.735. The zero-order valence-corrected chi connectivity index (χ0v) is 8.37. The van der Waals surface area contributed by atoms with Crippen molar-refractivity contribution in [2.24, 2.45) is 5.73 Å². The fourth-order valence-corrected chi connectivity index (χ4v) is 1.60. The molecular formula is C12H19N. The average molecular weight is 177 g/mol. The van der Waals surface area contributed by atoms with E-state index in [4.69, 9.17) is 5.73 Å². The summed E-state index contributed by atoms with van der Waals surface area (Å²) < 4.78 is 0. The summed E-state index contributed by atoms with van der Waals surface area (Å²) in [6, 6.07) is 10.6. The van der Waals surface area contributed by atoms with Crippen LogP contribution in [-0.4, -0.2) is 6.54 Å². The maximum atomic E-state index is 5.75. The number of benzene rings is 1. The molecule has 13 heavy (non-hydrogen) atoms. The fourth-order valence-electron chi connectivity index (χ4n) is 1.60. The van der Waals surface area contributed by atoms with Crippen molar-refractivity contribution in [3.05, 3.63) is 35.9 Å². The summed E-state index contributed by atoms with van der Waals surface area (Å²) in [6.07, 6.45) is 3.75. The van der Waals surface area contributed by atoms with Crippen LogP contribution in [0.5, 0.6) is 0 Å². The maximum Gasteiger partial charge on any atom is -0.000824 e. The van der Waals surface area contributed by atoms with Gasteiger partial charge in [0, 0.05) is 0 Å². The Morgan fingerprint density at radius 3 is 2.46 bits per heavy atom. The molecule has 0 unspecified atom stereocenters. The van der Waals surface area contributed by atoms with Crippen LogP contribution in [0, 0.1) is 0 Å².